The van der Waals surface area contributed by atoms with Crippen molar-refractivity contribution in [3.63, 3.8) is 0 Å². The van der Waals surface area contributed by atoms with E-state index in [1.807, 2.05) is 58.6 Å². The molecule has 5 rings (SSSR count). The van der Waals surface area contributed by atoms with Crippen molar-refractivity contribution >= 4 is 33.1 Å². The fourth-order valence-electron chi connectivity index (χ4n) is 3.01. The minimum Gasteiger partial charge on any atom is -0.355 e. The average Bonchev–Trinajstić information content (AvgIpc) is 3.40. The Hall–Kier alpha value is -3.45. The zero-order valence-electron chi connectivity index (χ0n) is 14.1. The van der Waals surface area contributed by atoms with Gasteiger partial charge in [0.05, 0.1) is 17.6 Å². The minimum atomic E-state index is -0.159. The summed E-state index contributed by atoms with van der Waals surface area (Å²) in [6.45, 7) is 0.375. The highest BCUT2D eigenvalue weighted by Gasteiger charge is 2.14. The van der Waals surface area contributed by atoms with Gasteiger partial charge >= 0.3 is 0 Å². The molecule has 0 unspecified atom stereocenters. The lowest BCUT2D eigenvalue weighted by atomic mass is 10.1. The summed E-state index contributed by atoms with van der Waals surface area (Å²) in [4.78, 5) is 18.0. The Kier molecular flexibility index (Phi) is 3.72. The summed E-state index contributed by atoms with van der Waals surface area (Å²) in [7, 11) is 0. The van der Waals surface area contributed by atoms with Crippen LogP contribution >= 0.6 is 11.3 Å². The number of hydrogen-bond donors (Lipinski definition) is 1. The van der Waals surface area contributed by atoms with Crippen LogP contribution < -0.4 is 5.32 Å². The standard InChI is InChI=1S/C20H14N4O2S/c25-19(21-11-15-12-24-8-9-27-20(24)22-15)14-6-7-17-16(10-14)18(26-23-17)13-4-2-1-3-5-13/h1-10,12H,11H2,(H,21,25). The van der Waals surface area contributed by atoms with Crippen molar-refractivity contribution < 1.29 is 9.32 Å². The maximum atomic E-state index is 12.6. The van der Waals surface area contributed by atoms with Gasteiger partial charge in [0.25, 0.3) is 5.91 Å². The summed E-state index contributed by atoms with van der Waals surface area (Å²) in [6.07, 6.45) is 3.87. The number of carbonyl (C=O) groups excluding carboxylic acids is 1. The van der Waals surface area contributed by atoms with Gasteiger partial charge in [-0.2, -0.15) is 0 Å². The summed E-state index contributed by atoms with van der Waals surface area (Å²) in [5.41, 5.74) is 3.03. The number of fused-ring (bicyclic) bond motifs is 2. The van der Waals surface area contributed by atoms with Crippen LogP contribution in [0.5, 0.6) is 0 Å². The van der Waals surface area contributed by atoms with E-state index in [1.165, 1.54) is 0 Å². The number of hydrogen-bond acceptors (Lipinski definition) is 5. The molecule has 0 spiro atoms. The molecule has 132 valence electrons. The molecule has 3 heterocycles. The smallest absolute Gasteiger partial charge is 0.251 e. The first-order valence-corrected chi connectivity index (χ1v) is 9.30. The monoisotopic (exact) mass is 374 g/mol. The zero-order valence-corrected chi connectivity index (χ0v) is 14.9. The van der Waals surface area contributed by atoms with E-state index < -0.39 is 0 Å². The Morgan fingerprint density at radius 2 is 2.07 bits per heavy atom. The molecule has 0 aliphatic rings. The fraction of sp³-hybridized carbons (Fsp3) is 0.0500. The van der Waals surface area contributed by atoms with Crippen molar-refractivity contribution in [2.75, 3.05) is 0 Å². The van der Waals surface area contributed by atoms with Gasteiger partial charge in [0.15, 0.2) is 10.7 Å². The molecule has 1 amide bonds. The largest absolute Gasteiger partial charge is 0.355 e. The molecular formula is C20H14N4O2S. The average molecular weight is 374 g/mol. The second kappa shape index (κ2) is 6.37. The molecule has 0 bridgehead atoms. The Balaban J connectivity index is 1.40. The highest BCUT2D eigenvalue weighted by molar-refractivity contribution is 7.15. The number of aromatic nitrogens is 3. The summed E-state index contributed by atoms with van der Waals surface area (Å²) in [5, 5.41) is 9.80. The first-order valence-electron chi connectivity index (χ1n) is 8.42. The van der Waals surface area contributed by atoms with Gasteiger partial charge in [-0.15, -0.1) is 11.3 Å². The molecule has 5 aromatic rings. The first kappa shape index (κ1) is 15.8. The van der Waals surface area contributed by atoms with Crippen LogP contribution in [-0.4, -0.2) is 20.4 Å². The third-order valence-corrected chi connectivity index (χ3v) is 5.12. The molecule has 0 radical (unpaired) electrons. The molecule has 0 atom stereocenters. The molecule has 0 fully saturated rings. The number of nitrogens with zero attached hydrogens (tertiary/aromatic N) is 3. The fourth-order valence-corrected chi connectivity index (χ4v) is 3.73. The van der Waals surface area contributed by atoms with Crippen LogP contribution in [0.25, 0.3) is 27.2 Å². The summed E-state index contributed by atoms with van der Waals surface area (Å²) < 4.78 is 7.44. The molecule has 6 nitrogen and oxygen atoms in total. The van der Waals surface area contributed by atoms with Gasteiger partial charge in [-0.25, -0.2) is 4.98 Å². The lowest BCUT2D eigenvalue weighted by Gasteiger charge is -2.04. The Morgan fingerprint density at radius 3 is 2.93 bits per heavy atom. The number of amides is 1. The molecule has 0 aliphatic heterocycles. The molecule has 2 aromatic carbocycles. The maximum Gasteiger partial charge on any atom is 0.251 e. The highest BCUT2D eigenvalue weighted by atomic mass is 32.1. The Morgan fingerprint density at radius 1 is 1.19 bits per heavy atom. The van der Waals surface area contributed by atoms with Crippen molar-refractivity contribution in [3.05, 3.63) is 77.6 Å². The lowest BCUT2D eigenvalue weighted by Crippen LogP contribution is -2.22. The molecule has 27 heavy (non-hydrogen) atoms. The van der Waals surface area contributed by atoms with Crippen LogP contribution in [0.15, 0.2) is 70.8 Å². The molecular weight excluding hydrogens is 360 g/mol. The number of nitrogens with one attached hydrogen (secondary N) is 1. The van der Waals surface area contributed by atoms with E-state index in [1.54, 1.807) is 23.5 Å². The van der Waals surface area contributed by atoms with Crippen LogP contribution in [0.4, 0.5) is 0 Å². The number of thiazole rings is 1. The number of benzene rings is 2. The summed E-state index contributed by atoms with van der Waals surface area (Å²) >= 11 is 1.56. The topological polar surface area (TPSA) is 72.4 Å². The van der Waals surface area contributed by atoms with Gasteiger partial charge < -0.3 is 9.84 Å². The molecule has 1 N–H and O–H groups in total. The third kappa shape index (κ3) is 2.88. The second-order valence-corrected chi connectivity index (χ2v) is 6.99. The number of rotatable bonds is 4. The molecule has 0 aliphatic carbocycles. The Labute approximate surface area is 158 Å². The van der Waals surface area contributed by atoms with E-state index in [4.69, 9.17) is 4.52 Å². The molecule has 0 saturated heterocycles. The summed E-state index contributed by atoms with van der Waals surface area (Å²) in [6, 6.07) is 15.1. The van der Waals surface area contributed by atoms with E-state index >= 15 is 0 Å². The van der Waals surface area contributed by atoms with Crippen LogP contribution in [0.3, 0.4) is 0 Å². The van der Waals surface area contributed by atoms with Crippen molar-refractivity contribution in [1.82, 2.24) is 19.9 Å². The molecule has 3 aromatic heterocycles. The van der Waals surface area contributed by atoms with Gasteiger partial charge in [-0.1, -0.05) is 35.5 Å². The number of carbonyl (C=O) groups is 1. The lowest BCUT2D eigenvalue weighted by molar-refractivity contribution is 0.0950. The van der Waals surface area contributed by atoms with Gasteiger partial charge in [-0.3, -0.25) is 9.20 Å². The van der Waals surface area contributed by atoms with E-state index in [-0.39, 0.29) is 5.91 Å². The zero-order chi connectivity index (χ0) is 18.2. The van der Waals surface area contributed by atoms with Gasteiger partial charge in [0.1, 0.15) is 5.52 Å². The van der Waals surface area contributed by atoms with E-state index in [0.29, 0.717) is 17.9 Å². The Bertz CT molecular complexity index is 1220. The van der Waals surface area contributed by atoms with Crippen molar-refractivity contribution in [2.45, 2.75) is 6.54 Å². The van der Waals surface area contributed by atoms with Crippen LogP contribution in [0.2, 0.25) is 0 Å². The van der Waals surface area contributed by atoms with E-state index in [2.05, 4.69) is 15.5 Å². The number of imidazole rings is 1. The normalized spacial score (nSPS) is 11.3. The SMILES string of the molecule is O=C(NCc1cn2ccsc2n1)c1ccc2noc(-c3ccccc3)c2c1. The quantitative estimate of drug-likeness (QED) is 0.513. The predicted molar refractivity (Wildman–Crippen MR) is 104 cm³/mol. The first-order chi connectivity index (χ1) is 13.3. The van der Waals surface area contributed by atoms with Gasteiger partial charge in [0.2, 0.25) is 0 Å². The maximum absolute atomic E-state index is 12.6. The van der Waals surface area contributed by atoms with Crippen molar-refractivity contribution in [3.8, 4) is 11.3 Å². The van der Waals surface area contributed by atoms with Crippen molar-refractivity contribution in [1.29, 1.82) is 0 Å². The van der Waals surface area contributed by atoms with E-state index in [9.17, 15) is 4.79 Å². The molecule has 7 heteroatoms. The summed E-state index contributed by atoms with van der Waals surface area (Å²) in [5.74, 6) is 0.503. The van der Waals surface area contributed by atoms with E-state index in [0.717, 1.165) is 27.1 Å². The van der Waals surface area contributed by atoms with Gasteiger partial charge in [0, 0.05) is 28.9 Å². The van der Waals surface area contributed by atoms with Gasteiger partial charge in [-0.05, 0) is 18.2 Å². The minimum absolute atomic E-state index is 0.159. The highest BCUT2D eigenvalue weighted by Crippen LogP contribution is 2.29. The second-order valence-electron chi connectivity index (χ2n) is 6.12. The molecule has 0 saturated carbocycles. The van der Waals surface area contributed by atoms with Crippen LogP contribution in [-0.2, 0) is 6.54 Å². The third-order valence-electron chi connectivity index (χ3n) is 4.35. The van der Waals surface area contributed by atoms with Crippen LogP contribution in [0.1, 0.15) is 16.1 Å². The van der Waals surface area contributed by atoms with Crippen LogP contribution in [0, 0.1) is 0 Å². The predicted octanol–water partition coefficient (Wildman–Crippen LogP) is 4.13. The van der Waals surface area contributed by atoms with Crippen molar-refractivity contribution in [2.24, 2.45) is 0 Å².